The Kier molecular flexibility index (Phi) is 7.23. The van der Waals surface area contributed by atoms with Gasteiger partial charge in [0.1, 0.15) is 5.75 Å². The lowest BCUT2D eigenvalue weighted by Crippen LogP contribution is -2.39. The fourth-order valence-electron chi connectivity index (χ4n) is 2.03. The monoisotopic (exact) mass is 292 g/mol. The van der Waals surface area contributed by atoms with Gasteiger partial charge in [-0.3, -0.25) is 4.79 Å². The summed E-state index contributed by atoms with van der Waals surface area (Å²) in [6.45, 7) is 7.64. The Morgan fingerprint density at radius 1 is 1.33 bits per heavy atom. The Hall–Kier alpha value is -1.55. The summed E-state index contributed by atoms with van der Waals surface area (Å²) in [5.41, 5.74) is 2.19. The molecule has 1 aromatic rings. The fraction of sp³-hybridized carbons (Fsp3) is 0.588. The van der Waals surface area contributed by atoms with Crippen LogP contribution in [0.1, 0.15) is 30.9 Å². The van der Waals surface area contributed by atoms with Crippen LogP contribution in [0.15, 0.2) is 18.2 Å². The fourth-order valence-corrected chi connectivity index (χ4v) is 2.03. The van der Waals surface area contributed by atoms with E-state index in [1.165, 1.54) is 0 Å². The second-order valence-electron chi connectivity index (χ2n) is 5.73. The lowest BCUT2D eigenvalue weighted by atomic mass is 10.1. The molecule has 0 bridgehead atoms. The van der Waals surface area contributed by atoms with E-state index in [0.29, 0.717) is 13.0 Å². The highest BCUT2D eigenvalue weighted by atomic mass is 16.5. The van der Waals surface area contributed by atoms with E-state index in [9.17, 15) is 4.79 Å². The third-order valence-corrected chi connectivity index (χ3v) is 3.36. The maximum Gasteiger partial charge on any atom is 0.261 e. The van der Waals surface area contributed by atoms with Crippen LogP contribution in [0.3, 0.4) is 0 Å². The van der Waals surface area contributed by atoms with Gasteiger partial charge < -0.3 is 15.0 Å². The smallest absolute Gasteiger partial charge is 0.261 e. The number of benzene rings is 1. The molecular formula is C17H28N2O2. The number of nitrogens with zero attached hydrogens (tertiary/aromatic N) is 1. The molecular weight excluding hydrogens is 264 g/mol. The molecule has 0 heterocycles. The number of hydrogen-bond acceptors (Lipinski definition) is 3. The maximum absolute atomic E-state index is 12.2. The molecule has 118 valence electrons. The molecule has 21 heavy (non-hydrogen) atoms. The zero-order valence-electron chi connectivity index (χ0n) is 13.9. The summed E-state index contributed by atoms with van der Waals surface area (Å²) in [5.74, 6) is 0.766. The standard InChI is InChI=1S/C17H28N2O2/c1-6-15(17(20)18-10-7-11-19(4)5)21-16-12-13(2)8-9-14(16)3/h8-9,12,15H,6-7,10-11H2,1-5H3,(H,18,20)/t15-/m1/s1. The molecule has 0 saturated heterocycles. The number of ether oxygens (including phenoxy) is 1. The van der Waals surface area contributed by atoms with Crippen molar-refractivity contribution in [1.82, 2.24) is 10.2 Å². The Balaban J connectivity index is 2.53. The summed E-state index contributed by atoms with van der Waals surface area (Å²) < 4.78 is 5.89. The first-order valence-electron chi connectivity index (χ1n) is 7.60. The van der Waals surface area contributed by atoms with Crippen LogP contribution in [0.2, 0.25) is 0 Å². The van der Waals surface area contributed by atoms with Gasteiger partial charge in [0, 0.05) is 6.54 Å². The van der Waals surface area contributed by atoms with Gasteiger partial charge >= 0.3 is 0 Å². The van der Waals surface area contributed by atoms with Crippen molar-refractivity contribution in [2.45, 2.75) is 39.7 Å². The van der Waals surface area contributed by atoms with Gasteiger partial charge in [0.25, 0.3) is 5.91 Å². The first-order chi connectivity index (χ1) is 9.93. The third kappa shape index (κ3) is 6.17. The molecule has 1 rings (SSSR count). The van der Waals surface area contributed by atoms with Crippen molar-refractivity contribution in [2.75, 3.05) is 27.2 Å². The molecule has 4 heteroatoms. The minimum absolute atomic E-state index is 0.0304. The molecule has 0 aromatic heterocycles. The molecule has 0 saturated carbocycles. The zero-order chi connectivity index (χ0) is 15.8. The molecule has 0 spiro atoms. The van der Waals surface area contributed by atoms with E-state index in [1.54, 1.807) is 0 Å². The molecule has 1 amide bonds. The molecule has 0 radical (unpaired) electrons. The van der Waals surface area contributed by atoms with Crippen molar-refractivity contribution >= 4 is 5.91 Å². The summed E-state index contributed by atoms with van der Waals surface area (Å²) in [5, 5.41) is 2.95. The van der Waals surface area contributed by atoms with Gasteiger partial charge in [-0.05, 0) is 64.5 Å². The number of amides is 1. The van der Waals surface area contributed by atoms with Gasteiger partial charge in [-0.25, -0.2) is 0 Å². The van der Waals surface area contributed by atoms with Gasteiger partial charge in [-0.15, -0.1) is 0 Å². The number of rotatable bonds is 8. The minimum atomic E-state index is -0.426. The predicted molar refractivity (Wildman–Crippen MR) is 86.8 cm³/mol. The summed E-state index contributed by atoms with van der Waals surface area (Å²) in [7, 11) is 4.06. The van der Waals surface area contributed by atoms with E-state index >= 15 is 0 Å². The molecule has 1 aromatic carbocycles. The molecule has 1 atom stereocenters. The topological polar surface area (TPSA) is 41.6 Å². The summed E-state index contributed by atoms with van der Waals surface area (Å²) >= 11 is 0. The first-order valence-corrected chi connectivity index (χ1v) is 7.60. The van der Waals surface area contributed by atoms with E-state index in [1.807, 2.05) is 53.1 Å². The number of aryl methyl sites for hydroxylation is 2. The summed E-state index contributed by atoms with van der Waals surface area (Å²) in [6, 6.07) is 6.05. The lowest BCUT2D eigenvalue weighted by Gasteiger charge is -2.19. The van der Waals surface area contributed by atoms with Gasteiger partial charge in [0.15, 0.2) is 6.10 Å². The Morgan fingerprint density at radius 2 is 2.05 bits per heavy atom. The first kappa shape index (κ1) is 17.5. The Labute approximate surface area is 128 Å². The van der Waals surface area contributed by atoms with Crippen molar-refractivity contribution in [3.63, 3.8) is 0 Å². The van der Waals surface area contributed by atoms with Crippen molar-refractivity contribution in [3.05, 3.63) is 29.3 Å². The largest absolute Gasteiger partial charge is 0.480 e. The van der Waals surface area contributed by atoms with Crippen LogP contribution in [0.25, 0.3) is 0 Å². The third-order valence-electron chi connectivity index (χ3n) is 3.36. The van der Waals surface area contributed by atoms with Crippen LogP contribution in [0.4, 0.5) is 0 Å². The number of carbonyl (C=O) groups is 1. The van der Waals surface area contributed by atoms with E-state index in [0.717, 1.165) is 29.8 Å². The quantitative estimate of drug-likeness (QED) is 0.749. The highest BCUT2D eigenvalue weighted by Gasteiger charge is 2.18. The van der Waals surface area contributed by atoms with Gasteiger partial charge in [0.2, 0.25) is 0 Å². The van der Waals surface area contributed by atoms with Crippen LogP contribution in [0, 0.1) is 13.8 Å². The SMILES string of the molecule is CC[C@@H](Oc1cc(C)ccc1C)C(=O)NCCCN(C)C. The van der Waals surface area contributed by atoms with Crippen molar-refractivity contribution < 1.29 is 9.53 Å². The van der Waals surface area contributed by atoms with Crippen molar-refractivity contribution in [2.24, 2.45) is 0 Å². The highest BCUT2D eigenvalue weighted by molar-refractivity contribution is 5.81. The second-order valence-corrected chi connectivity index (χ2v) is 5.73. The van der Waals surface area contributed by atoms with Crippen LogP contribution in [0.5, 0.6) is 5.75 Å². The Morgan fingerprint density at radius 3 is 2.67 bits per heavy atom. The Bertz CT molecular complexity index is 458. The average molecular weight is 292 g/mol. The van der Waals surface area contributed by atoms with E-state index in [2.05, 4.69) is 10.2 Å². The molecule has 0 fully saturated rings. The lowest BCUT2D eigenvalue weighted by molar-refractivity contribution is -0.128. The molecule has 1 N–H and O–H groups in total. The second kappa shape index (κ2) is 8.67. The predicted octanol–water partition coefficient (Wildman–Crippen LogP) is 2.53. The van der Waals surface area contributed by atoms with Crippen LogP contribution < -0.4 is 10.1 Å². The van der Waals surface area contributed by atoms with Crippen molar-refractivity contribution in [3.8, 4) is 5.75 Å². The van der Waals surface area contributed by atoms with E-state index in [-0.39, 0.29) is 5.91 Å². The van der Waals surface area contributed by atoms with Gasteiger partial charge in [-0.1, -0.05) is 19.1 Å². The summed E-state index contributed by atoms with van der Waals surface area (Å²) in [6.07, 6.45) is 1.18. The zero-order valence-corrected chi connectivity index (χ0v) is 13.9. The average Bonchev–Trinajstić information content (AvgIpc) is 2.44. The molecule has 0 aliphatic rings. The number of carbonyl (C=O) groups excluding carboxylic acids is 1. The molecule has 0 aliphatic heterocycles. The molecule has 4 nitrogen and oxygen atoms in total. The van der Waals surface area contributed by atoms with Crippen LogP contribution in [-0.4, -0.2) is 44.1 Å². The molecule has 0 aliphatic carbocycles. The number of nitrogens with one attached hydrogen (secondary N) is 1. The summed E-state index contributed by atoms with van der Waals surface area (Å²) in [4.78, 5) is 14.3. The van der Waals surface area contributed by atoms with Crippen LogP contribution in [-0.2, 0) is 4.79 Å². The molecule has 0 unspecified atom stereocenters. The van der Waals surface area contributed by atoms with Gasteiger partial charge in [-0.2, -0.15) is 0 Å². The van der Waals surface area contributed by atoms with Gasteiger partial charge in [0.05, 0.1) is 0 Å². The van der Waals surface area contributed by atoms with E-state index < -0.39 is 6.10 Å². The minimum Gasteiger partial charge on any atom is -0.480 e. The number of hydrogen-bond donors (Lipinski definition) is 1. The van der Waals surface area contributed by atoms with Crippen molar-refractivity contribution in [1.29, 1.82) is 0 Å². The maximum atomic E-state index is 12.2. The van der Waals surface area contributed by atoms with Crippen LogP contribution >= 0.6 is 0 Å². The highest BCUT2D eigenvalue weighted by Crippen LogP contribution is 2.21. The normalized spacial score (nSPS) is 12.3. The van der Waals surface area contributed by atoms with E-state index in [4.69, 9.17) is 4.74 Å².